The number of hydrogen-bond acceptors (Lipinski definition) is 0. The minimum Gasteiger partial charge on any atom is -1.00 e. The molecule has 0 N–H and O–H groups in total. The van der Waals surface area contributed by atoms with Crippen LogP contribution in [0.1, 0.15) is 42.5 Å². The quantitative estimate of drug-likeness (QED) is 0.579. The Bertz CT molecular complexity index is 1050. The minimum atomic E-state index is -0.798. The molecule has 0 spiro atoms. The maximum absolute atomic E-state index is 2.46. The van der Waals surface area contributed by atoms with Crippen LogP contribution >= 0.6 is 0 Å². The summed E-state index contributed by atoms with van der Waals surface area (Å²) in [4.78, 5) is 0. The van der Waals surface area contributed by atoms with Crippen molar-refractivity contribution in [2.24, 2.45) is 0 Å². The van der Waals surface area contributed by atoms with Gasteiger partial charge < -0.3 is 24.8 Å². The normalized spacial score (nSPS) is 14.6. The van der Waals surface area contributed by atoms with E-state index in [1.807, 2.05) is 0 Å². The van der Waals surface area contributed by atoms with Crippen LogP contribution < -0.4 is 24.8 Å². The number of aryl methyl sites for hydroxylation is 2. The molecule has 2 aromatic carbocycles. The summed E-state index contributed by atoms with van der Waals surface area (Å²) in [6.07, 6.45) is 10.6. The summed E-state index contributed by atoms with van der Waals surface area (Å²) in [6.45, 7) is 8.99. The minimum absolute atomic E-state index is 0. The molecule has 4 rings (SSSR count). The number of allylic oxidation sites excluding steroid dienone is 9. The Kier molecular flexibility index (Phi) is 8.92. The van der Waals surface area contributed by atoms with Crippen molar-refractivity contribution >= 4 is 5.57 Å². The zero-order chi connectivity index (χ0) is 19.7. The van der Waals surface area contributed by atoms with Crippen molar-refractivity contribution in [1.29, 1.82) is 0 Å². The Hall–Kier alpha value is -1.40. The van der Waals surface area contributed by atoms with Gasteiger partial charge in [0.1, 0.15) is 0 Å². The third-order valence-electron chi connectivity index (χ3n) is 5.73. The average molecular weight is 513 g/mol. The first-order chi connectivity index (χ1) is 13.5. The van der Waals surface area contributed by atoms with Gasteiger partial charge in [-0.2, -0.15) is 0 Å². The Labute approximate surface area is 205 Å². The molecule has 0 radical (unpaired) electrons. The van der Waals surface area contributed by atoms with E-state index in [-0.39, 0.29) is 24.8 Å². The summed E-state index contributed by atoms with van der Waals surface area (Å²) in [5.41, 5.74) is 11.3. The molecular formula is C27H26Cl2Zr. The van der Waals surface area contributed by atoms with Crippen molar-refractivity contribution < 1.29 is 48.0 Å². The molecule has 2 aromatic rings. The first-order valence-corrected chi connectivity index (χ1v) is 12.4. The summed E-state index contributed by atoms with van der Waals surface area (Å²) in [5.74, 6) is 0. The van der Waals surface area contributed by atoms with E-state index in [0.29, 0.717) is 0 Å². The number of benzene rings is 2. The van der Waals surface area contributed by atoms with Crippen LogP contribution in [0, 0.1) is 13.8 Å². The first-order valence-electron chi connectivity index (χ1n) is 9.93. The van der Waals surface area contributed by atoms with E-state index in [9.17, 15) is 0 Å². The standard InChI is InChI=1S/C20H17.C7H9.2ClH.Zr/c1-15-9-3-7-13-18(15)20(17-11-5-6-12-17)19-14-8-4-10-16(19)2;1-6-4-3-5-7(6)2;;;/h3-11,13-14H,1-2H3;4H,5H2,1-2H3;2*1H;/q;;;;+2/p-2. The molecule has 0 heterocycles. The second-order valence-electron chi connectivity index (χ2n) is 7.79. The predicted octanol–water partition coefficient (Wildman–Crippen LogP) is 1.27. The van der Waals surface area contributed by atoms with Gasteiger partial charge in [0.2, 0.25) is 0 Å². The van der Waals surface area contributed by atoms with Gasteiger partial charge in [-0.25, -0.2) is 0 Å². The molecule has 0 aliphatic heterocycles. The van der Waals surface area contributed by atoms with Gasteiger partial charge in [-0.15, -0.1) is 0 Å². The Balaban J connectivity index is 0.00000160. The van der Waals surface area contributed by atoms with Gasteiger partial charge in [0, 0.05) is 0 Å². The molecule has 2 aliphatic rings. The third-order valence-corrected chi connectivity index (χ3v) is 9.04. The van der Waals surface area contributed by atoms with Gasteiger partial charge >= 0.3 is 181 Å². The van der Waals surface area contributed by atoms with Crippen LogP contribution in [0.2, 0.25) is 0 Å². The van der Waals surface area contributed by atoms with Crippen LogP contribution in [0.4, 0.5) is 0 Å². The largest absolute Gasteiger partial charge is 1.00 e. The number of hydrogen-bond donors (Lipinski definition) is 0. The topological polar surface area (TPSA) is 0 Å². The van der Waals surface area contributed by atoms with E-state index >= 15 is 0 Å². The van der Waals surface area contributed by atoms with Gasteiger partial charge in [0.05, 0.1) is 0 Å². The second-order valence-corrected chi connectivity index (χ2v) is 11.3. The third kappa shape index (κ3) is 5.08. The van der Waals surface area contributed by atoms with Crippen molar-refractivity contribution in [2.75, 3.05) is 0 Å². The van der Waals surface area contributed by atoms with Crippen LogP contribution in [0.15, 0.2) is 96.1 Å². The molecule has 152 valence electrons. The summed E-state index contributed by atoms with van der Waals surface area (Å²) in [6, 6.07) is 17.6. The molecule has 0 aromatic heterocycles. The summed E-state index contributed by atoms with van der Waals surface area (Å²) in [5, 5.41) is 0. The molecule has 0 bridgehead atoms. The molecule has 30 heavy (non-hydrogen) atoms. The fourth-order valence-corrected chi connectivity index (χ4v) is 7.72. The molecule has 0 saturated heterocycles. The average Bonchev–Trinajstić information content (AvgIpc) is 3.25. The summed E-state index contributed by atoms with van der Waals surface area (Å²) in [7, 11) is 0. The smallest absolute Gasteiger partial charge is 1.00 e. The molecule has 0 unspecified atom stereocenters. The zero-order valence-electron chi connectivity index (χ0n) is 17.9. The molecule has 3 heteroatoms. The van der Waals surface area contributed by atoms with Crippen LogP contribution in [0.3, 0.4) is 0 Å². The van der Waals surface area contributed by atoms with E-state index in [2.05, 4.69) is 101 Å². The van der Waals surface area contributed by atoms with Gasteiger partial charge in [0.25, 0.3) is 0 Å². The maximum atomic E-state index is 2.46. The zero-order valence-corrected chi connectivity index (χ0v) is 21.9. The Morgan fingerprint density at radius 3 is 1.87 bits per heavy atom. The van der Waals surface area contributed by atoms with Gasteiger partial charge in [-0.1, -0.05) is 0 Å². The molecule has 0 nitrogen and oxygen atoms in total. The molecule has 0 fully saturated rings. The van der Waals surface area contributed by atoms with Crippen molar-refractivity contribution in [3.05, 3.63) is 118 Å². The SMILES string of the molecule is CC1=C(C)C[C]([Zr+2][C]2=CC=CC2=C(c2ccccc2C)c2ccccc2C)=C1.[Cl-].[Cl-]. The van der Waals surface area contributed by atoms with Crippen LogP contribution in [0.25, 0.3) is 5.57 Å². The monoisotopic (exact) mass is 510 g/mol. The van der Waals surface area contributed by atoms with Gasteiger partial charge in [0.15, 0.2) is 0 Å². The fourth-order valence-electron chi connectivity index (χ4n) is 4.00. The molecule has 0 saturated carbocycles. The predicted molar refractivity (Wildman–Crippen MR) is 117 cm³/mol. The van der Waals surface area contributed by atoms with Crippen molar-refractivity contribution in [3.8, 4) is 0 Å². The van der Waals surface area contributed by atoms with Crippen molar-refractivity contribution in [2.45, 2.75) is 34.1 Å². The summed E-state index contributed by atoms with van der Waals surface area (Å²) >= 11 is -0.798. The van der Waals surface area contributed by atoms with E-state index in [4.69, 9.17) is 0 Å². The molecule has 2 aliphatic carbocycles. The molecule has 0 atom stereocenters. The Morgan fingerprint density at radius 2 is 1.37 bits per heavy atom. The van der Waals surface area contributed by atoms with Crippen molar-refractivity contribution in [1.82, 2.24) is 0 Å². The maximum Gasteiger partial charge on any atom is -1.00 e. The Morgan fingerprint density at radius 1 is 0.800 bits per heavy atom. The van der Waals surface area contributed by atoms with Crippen LogP contribution in [-0.2, 0) is 23.2 Å². The van der Waals surface area contributed by atoms with Crippen LogP contribution in [-0.4, -0.2) is 0 Å². The van der Waals surface area contributed by atoms with Gasteiger partial charge in [-0.05, 0) is 0 Å². The molecular weight excluding hydrogens is 486 g/mol. The number of halogens is 2. The van der Waals surface area contributed by atoms with Gasteiger partial charge in [-0.3, -0.25) is 0 Å². The first kappa shape index (κ1) is 24.9. The number of rotatable bonds is 4. The van der Waals surface area contributed by atoms with Crippen molar-refractivity contribution in [3.63, 3.8) is 0 Å². The van der Waals surface area contributed by atoms with E-state index in [0.717, 1.165) is 0 Å². The van der Waals surface area contributed by atoms with Crippen LogP contribution in [0.5, 0.6) is 0 Å². The van der Waals surface area contributed by atoms with E-state index in [1.54, 1.807) is 12.1 Å². The summed E-state index contributed by atoms with van der Waals surface area (Å²) < 4.78 is 3.29. The molecule has 0 amide bonds. The van der Waals surface area contributed by atoms with E-state index < -0.39 is 23.2 Å². The second kappa shape index (κ2) is 10.8. The van der Waals surface area contributed by atoms with E-state index in [1.165, 1.54) is 45.4 Å². The fraction of sp³-hybridized carbons (Fsp3) is 0.185.